The Labute approximate surface area is 98.9 Å². The lowest BCUT2D eigenvalue weighted by Gasteiger charge is -2.34. The Morgan fingerprint density at radius 3 is 2.50 bits per heavy atom. The van der Waals surface area contributed by atoms with E-state index in [0.717, 1.165) is 26.2 Å². The lowest BCUT2D eigenvalue weighted by molar-refractivity contribution is 0.313. The molecule has 1 fully saturated rings. The Morgan fingerprint density at radius 2 is 1.88 bits per heavy atom. The van der Waals surface area contributed by atoms with Gasteiger partial charge in [0.15, 0.2) is 0 Å². The zero-order chi connectivity index (χ0) is 11.5. The highest BCUT2D eigenvalue weighted by molar-refractivity contribution is 5.48. The number of hydrogen-bond donors (Lipinski definition) is 0. The summed E-state index contributed by atoms with van der Waals surface area (Å²) in [5.74, 6) is 0.598. The number of rotatable bonds is 2. The largest absolute Gasteiger partial charge is 0.368 e. The Morgan fingerprint density at radius 1 is 1.19 bits per heavy atom. The maximum atomic E-state index is 3.36. The van der Waals surface area contributed by atoms with Crippen LogP contribution in [0.15, 0.2) is 18.2 Å². The molecule has 87 valence electrons. The van der Waals surface area contributed by atoms with Gasteiger partial charge in [0, 0.05) is 37.9 Å². The molecule has 0 unspecified atom stereocenters. The van der Waals surface area contributed by atoms with E-state index in [0.29, 0.717) is 5.92 Å². The summed E-state index contributed by atoms with van der Waals surface area (Å²) in [6.07, 6.45) is 0. The van der Waals surface area contributed by atoms with Crippen LogP contribution in [0.5, 0.6) is 0 Å². The van der Waals surface area contributed by atoms with Crippen LogP contribution < -0.4 is 4.90 Å². The summed E-state index contributed by atoms with van der Waals surface area (Å²) in [4.78, 5) is 4.81. The standard InChI is InChI=1S/C14H21N2/c1-12(2)13-5-4-6-14(11-13)16-9-7-15(3)8-10-16/h4-5,11-12H,7-10H2,1-3H3. The van der Waals surface area contributed by atoms with Crippen molar-refractivity contribution >= 4 is 5.69 Å². The highest BCUT2D eigenvalue weighted by Gasteiger charge is 2.14. The third kappa shape index (κ3) is 2.56. The second-order valence-corrected chi connectivity index (χ2v) is 4.95. The summed E-state index contributed by atoms with van der Waals surface area (Å²) >= 11 is 0. The number of nitrogens with zero attached hydrogens (tertiary/aromatic N) is 2. The Hall–Kier alpha value is -1.02. The summed E-state index contributed by atoms with van der Waals surface area (Å²) in [7, 11) is 2.19. The van der Waals surface area contributed by atoms with Gasteiger partial charge in [-0.15, -0.1) is 0 Å². The molecule has 0 spiro atoms. The molecule has 16 heavy (non-hydrogen) atoms. The predicted octanol–water partition coefficient (Wildman–Crippen LogP) is 2.36. The van der Waals surface area contributed by atoms with Crippen LogP contribution >= 0.6 is 0 Å². The molecule has 2 nitrogen and oxygen atoms in total. The lowest BCUT2D eigenvalue weighted by atomic mass is 10.0. The van der Waals surface area contributed by atoms with Gasteiger partial charge in [0.05, 0.1) is 0 Å². The Balaban J connectivity index is 2.11. The first kappa shape index (κ1) is 11.5. The highest BCUT2D eigenvalue weighted by atomic mass is 15.2. The highest BCUT2D eigenvalue weighted by Crippen LogP contribution is 2.21. The second kappa shape index (κ2) is 4.88. The summed E-state index contributed by atoms with van der Waals surface area (Å²) in [6, 6.07) is 9.87. The first-order chi connectivity index (χ1) is 7.66. The van der Waals surface area contributed by atoms with Crippen LogP contribution in [-0.4, -0.2) is 38.1 Å². The average Bonchev–Trinajstić information content (AvgIpc) is 2.30. The molecule has 0 atom stereocenters. The molecular formula is C14H21N2. The molecule has 2 heteroatoms. The molecule has 0 aliphatic carbocycles. The van der Waals surface area contributed by atoms with Crippen molar-refractivity contribution in [1.82, 2.24) is 4.90 Å². The number of likely N-dealkylation sites (N-methyl/N-ethyl adjacent to an activating group) is 1. The molecule has 1 aliphatic rings. The van der Waals surface area contributed by atoms with Crippen LogP contribution in [0.25, 0.3) is 0 Å². The van der Waals surface area contributed by atoms with Gasteiger partial charge in [0.25, 0.3) is 0 Å². The van der Waals surface area contributed by atoms with Crippen molar-refractivity contribution in [1.29, 1.82) is 0 Å². The van der Waals surface area contributed by atoms with Gasteiger partial charge in [-0.2, -0.15) is 0 Å². The van der Waals surface area contributed by atoms with Crippen molar-refractivity contribution in [2.75, 3.05) is 38.1 Å². The van der Waals surface area contributed by atoms with Crippen molar-refractivity contribution in [3.05, 3.63) is 29.8 Å². The average molecular weight is 217 g/mol. The van der Waals surface area contributed by atoms with Gasteiger partial charge in [-0.3, -0.25) is 0 Å². The van der Waals surface area contributed by atoms with Gasteiger partial charge in [-0.05, 0) is 24.6 Å². The van der Waals surface area contributed by atoms with Crippen molar-refractivity contribution < 1.29 is 0 Å². The fraction of sp³-hybridized carbons (Fsp3) is 0.571. The Bertz CT molecular complexity index is 338. The van der Waals surface area contributed by atoms with Gasteiger partial charge in [0.2, 0.25) is 0 Å². The van der Waals surface area contributed by atoms with Crippen molar-refractivity contribution in [2.45, 2.75) is 19.8 Å². The van der Waals surface area contributed by atoms with E-state index in [4.69, 9.17) is 0 Å². The smallest absolute Gasteiger partial charge is 0.0450 e. The van der Waals surface area contributed by atoms with Crippen LogP contribution in [0.2, 0.25) is 0 Å². The summed E-state index contributed by atoms with van der Waals surface area (Å²) in [5.41, 5.74) is 2.67. The van der Waals surface area contributed by atoms with Gasteiger partial charge in [0.1, 0.15) is 0 Å². The zero-order valence-electron chi connectivity index (χ0n) is 10.5. The summed E-state index contributed by atoms with van der Waals surface area (Å²) in [6.45, 7) is 9.02. The fourth-order valence-corrected chi connectivity index (χ4v) is 2.06. The topological polar surface area (TPSA) is 6.48 Å². The maximum Gasteiger partial charge on any atom is 0.0450 e. The van der Waals surface area contributed by atoms with Crippen LogP contribution in [0, 0.1) is 6.07 Å². The molecule has 0 amide bonds. The van der Waals surface area contributed by atoms with E-state index in [1.165, 1.54) is 11.3 Å². The van der Waals surface area contributed by atoms with Gasteiger partial charge in [-0.25, -0.2) is 0 Å². The zero-order valence-corrected chi connectivity index (χ0v) is 10.5. The molecule has 1 aromatic rings. The third-order valence-electron chi connectivity index (χ3n) is 3.32. The SMILES string of the molecule is CC(C)c1cc[c]c(N2CCN(C)CC2)c1. The van der Waals surface area contributed by atoms with E-state index >= 15 is 0 Å². The molecule has 2 rings (SSSR count). The van der Waals surface area contributed by atoms with Crippen LogP contribution in [0.4, 0.5) is 5.69 Å². The van der Waals surface area contributed by atoms with Crippen molar-refractivity contribution in [2.24, 2.45) is 0 Å². The normalized spacial score (nSPS) is 18.1. The minimum absolute atomic E-state index is 0.598. The first-order valence-corrected chi connectivity index (χ1v) is 6.12. The molecule has 0 saturated carbocycles. The van der Waals surface area contributed by atoms with Gasteiger partial charge in [-0.1, -0.05) is 26.0 Å². The summed E-state index contributed by atoms with van der Waals surface area (Å²) in [5, 5.41) is 0. The molecule has 0 N–H and O–H groups in total. The number of piperazine rings is 1. The molecular weight excluding hydrogens is 196 g/mol. The minimum Gasteiger partial charge on any atom is -0.368 e. The third-order valence-corrected chi connectivity index (χ3v) is 3.32. The number of benzene rings is 1. The van der Waals surface area contributed by atoms with E-state index in [9.17, 15) is 0 Å². The lowest BCUT2D eigenvalue weighted by Crippen LogP contribution is -2.44. The van der Waals surface area contributed by atoms with E-state index < -0.39 is 0 Å². The number of hydrogen-bond acceptors (Lipinski definition) is 2. The quantitative estimate of drug-likeness (QED) is 0.750. The second-order valence-electron chi connectivity index (χ2n) is 4.95. The number of anilines is 1. The molecule has 1 saturated heterocycles. The monoisotopic (exact) mass is 217 g/mol. The van der Waals surface area contributed by atoms with Gasteiger partial charge < -0.3 is 9.80 Å². The van der Waals surface area contributed by atoms with E-state index in [2.05, 4.69) is 55.0 Å². The molecule has 1 aliphatic heterocycles. The van der Waals surface area contributed by atoms with Crippen LogP contribution in [0.3, 0.4) is 0 Å². The molecule has 1 aromatic carbocycles. The molecule has 1 radical (unpaired) electrons. The van der Waals surface area contributed by atoms with Gasteiger partial charge >= 0.3 is 0 Å². The van der Waals surface area contributed by atoms with Crippen LogP contribution in [0.1, 0.15) is 25.3 Å². The molecule has 1 heterocycles. The molecule has 0 aromatic heterocycles. The van der Waals surface area contributed by atoms with E-state index in [-0.39, 0.29) is 0 Å². The van der Waals surface area contributed by atoms with E-state index in [1.54, 1.807) is 0 Å². The fourth-order valence-electron chi connectivity index (χ4n) is 2.06. The molecule has 0 bridgehead atoms. The Kier molecular flexibility index (Phi) is 3.49. The van der Waals surface area contributed by atoms with Crippen molar-refractivity contribution in [3.8, 4) is 0 Å². The first-order valence-electron chi connectivity index (χ1n) is 6.12. The van der Waals surface area contributed by atoms with E-state index in [1.807, 2.05) is 0 Å². The minimum atomic E-state index is 0.598. The van der Waals surface area contributed by atoms with Crippen LogP contribution in [-0.2, 0) is 0 Å². The van der Waals surface area contributed by atoms with Crippen molar-refractivity contribution in [3.63, 3.8) is 0 Å². The maximum absolute atomic E-state index is 3.36. The predicted molar refractivity (Wildman–Crippen MR) is 69.1 cm³/mol. The summed E-state index contributed by atoms with van der Waals surface area (Å²) < 4.78 is 0.